The first kappa shape index (κ1) is 30.2. The summed E-state index contributed by atoms with van der Waals surface area (Å²) in [4.78, 5) is 18.0. The van der Waals surface area contributed by atoms with E-state index in [4.69, 9.17) is 15.0 Å². The lowest BCUT2D eigenvalue weighted by molar-refractivity contribution is 1.07. The van der Waals surface area contributed by atoms with E-state index in [0.717, 1.165) is 27.8 Å². The van der Waals surface area contributed by atoms with Gasteiger partial charge in [0.05, 0.1) is 0 Å². The average molecular weight is 674 g/mol. The third kappa shape index (κ3) is 5.28. The number of fused-ring (bicyclic) bond motifs is 2. The van der Waals surface area contributed by atoms with E-state index >= 15 is 0 Å². The Morgan fingerprint density at radius 1 is 0.320 bits per heavy atom. The van der Waals surface area contributed by atoms with Crippen molar-refractivity contribution in [1.82, 2.24) is 15.0 Å². The summed E-state index contributed by atoms with van der Waals surface area (Å²) < 4.78 is 0. The quantitative estimate of drug-likeness (QED) is 0.166. The lowest BCUT2D eigenvalue weighted by Crippen LogP contribution is -2.76. The minimum absolute atomic E-state index is 0.652. The number of hydrogen-bond donors (Lipinski definition) is 0. The van der Waals surface area contributed by atoms with Crippen molar-refractivity contribution in [3.8, 4) is 45.3 Å². The van der Waals surface area contributed by atoms with Gasteiger partial charge in [0.15, 0.2) is 25.5 Å². The molecule has 0 fully saturated rings. The van der Waals surface area contributed by atoms with Crippen molar-refractivity contribution < 1.29 is 0 Å². The largest absolute Gasteiger partial charge is 0.208 e. The average Bonchev–Trinajstić information content (AvgIpc) is 3.21. The molecule has 2 heterocycles. The van der Waals surface area contributed by atoms with E-state index in [0.29, 0.717) is 17.5 Å². The van der Waals surface area contributed by atoms with E-state index in [1.807, 2.05) is 36.0 Å². The van der Waals surface area contributed by atoms with Crippen LogP contribution in [-0.2, 0) is 0 Å². The van der Waals surface area contributed by atoms with Crippen molar-refractivity contribution >= 4 is 40.6 Å². The Bertz CT molecular complexity index is 2410. The fourth-order valence-electron chi connectivity index (χ4n) is 7.16. The Morgan fingerprint density at radius 3 is 1.42 bits per heavy atom. The zero-order valence-corrected chi connectivity index (χ0v) is 29.0. The SMILES string of the molecule is c1ccc(-c2cccc(-c3nc(-c4ccccc4)nc(-c4ccc5c(c4)[Si](c4ccccc4)(c4ccccc4)c4ccccc4S5)n3)c2)cc1. The second-order valence-corrected chi connectivity index (χ2v) is 17.2. The molecule has 9 rings (SSSR count). The van der Waals surface area contributed by atoms with Crippen molar-refractivity contribution in [2.75, 3.05) is 0 Å². The second-order valence-electron chi connectivity index (χ2n) is 12.4. The summed E-state index contributed by atoms with van der Waals surface area (Å²) in [7, 11) is -2.73. The zero-order valence-electron chi connectivity index (χ0n) is 27.1. The van der Waals surface area contributed by atoms with E-state index in [1.54, 1.807) is 0 Å². The predicted octanol–water partition coefficient (Wildman–Crippen LogP) is 8.38. The fourth-order valence-corrected chi connectivity index (χ4v) is 14.1. The predicted molar refractivity (Wildman–Crippen MR) is 209 cm³/mol. The van der Waals surface area contributed by atoms with Gasteiger partial charge in [0, 0.05) is 26.5 Å². The van der Waals surface area contributed by atoms with Gasteiger partial charge < -0.3 is 0 Å². The zero-order chi connectivity index (χ0) is 33.3. The normalized spacial score (nSPS) is 12.9. The molecule has 8 aromatic rings. The van der Waals surface area contributed by atoms with Crippen LogP contribution in [0.15, 0.2) is 198 Å². The van der Waals surface area contributed by atoms with Gasteiger partial charge in [-0.2, -0.15) is 0 Å². The molecule has 3 nitrogen and oxygen atoms in total. The molecule has 0 bridgehead atoms. The maximum atomic E-state index is 5.21. The molecule has 236 valence electrons. The molecule has 0 aliphatic carbocycles. The highest BCUT2D eigenvalue weighted by molar-refractivity contribution is 8.00. The summed E-state index contributed by atoms with van der Waals surface area (Å²) in [5, 5.41) is 5.48. The number of nitrogens with zero attached hydrogens (tertiary/aromatic N) is 3. The van der Waals surface area contributed by atoms with Gasteiger partial charge in [-0.3, -0.25) is 0 Å². The van der Waals surface area contributed by atoms with Gasteiger partial charge >= 0.3 is 0 Å². The summed E-state index contributed by atoms with van der Waals surface area (Å²) in [5.41, 5.74) is 5.16. The fraction of sp³-hybridized carbons (Fsp3) is 0. The van der Waals surface area contributed by atoms with Crippen LogP contribution in [-0.4, -0.2) is 23.0 Å². The number of rotatable bonds is 6. The molecule has 1 aliphatic heterocycles. The Morgan fingerprint density at radius 2 is 0.780 bits per heavy atom. The van der Waals surface area contributed by atoms with Crippen LogP contribution in [0.1, 0.15) is 0 Å². The lowest BCUT2D eigenvalue weighted by atomic mass is 10.0. The van der Waals surface area contributed by atoms with Gasteiger partial charge in [0.25, 0.3) is 0 Å². The van der Waals surface area contributed by atoms with Crippen LogP contribution in [0.3, 0.4) is 0 Å². The molecule has 0 amide bonds. The molecule has 0 saturated carbocycles. The summed E-state index contributed by atoms with van der Waals surface area (Å²) in [6.45, 7) is 0. The van der Waals surface area contributed by atoms with Crippen molar-refractivity contribution in [3.63, 3.8) is 0 Å². The van der Waals surface area contributed by atoms with Crippen LogP contribution in [0.25, 0.3) is 45.3 Å². The maximum Gasteiger partial charge on any atom is 0.181 e. The van der Waals surface area contributed by atoms with Gasteiger partial charge in [-0.25, -0.2) is 15.0 Å². The van der Waals surface area contributed by atoms with Crippen LogP contribution in [0.4, 0.5) is 0 Å². The highest BCUT2D eigenvalue weighted by Crippen LogP contribution is 2.35. The third-order valence-corrected chi connectivity index (χ3v) is 15.8. The first-order valence-electron chi connectivity index (χ1n) is 16.8. The van der Waals surface area contributed by atoms with Gasteiger partial charge in [-0.1, -0.05) is 176 Å². The highest BCUT2D eigenvalue weighted by atomic mass is 32.2. The summed E-state index contributed by atoms with van der Waals surface area (Å²) in [5.74, 6) is 1.97. The minimum atomic E-state index is -2.73. The molecule has 0 saturated heterocycles. The van der Waals surface area contributed by atoms with Crippen LogP contribution in [0.2, 0.25) is 0 Å². The molecule has 0 atom stereocenters. The maximum absolute atomic E-state index is 5.21. The molecule has 7 aromatic carbocycles. The first-order chi connectivity index (χ1) is 24.8. The van der Waals surface area contributed by atoms with Crippen LogP contribution >= 0.6 is 11.8 Å². The molecule has 0 N–H and O–H groups in total. The van der Waals surface area contributed by atoms with Gasteiger partial charge in [0.2, 0.25) is 0 Å². The highest BCUT2D eigenvalue weighted by Gasteiger charge is 2.47. The Balaban J connectivity index is 1.28. The standard InChI is InChI=1S/C45H31N3SSi/c1-5-16-32(17-6-1)34-20-15-21-35(30-34)44-46-43(33-18-7-2-8-19-33)47-45(48-44)36-28-29-40-42(31-36)50(37-22-9-3-10-23-37,38-24-11-4-12-25-38)41-27-14-13-26-39(41)49-40/h1-31H. The van der Waals surface area contributed by atoms with Crippen molar-refractivity contribution in [3.05, 3.63) is 188 Å². The molecule has 1 aliphatic rings. The molecule has 0 unspecified atom stereocenters. The van der Waals surface area contributed by atoms with E-state index in [2.05, 4.69) is 164 Å². The Kier molecular flexibility index (Phi) is 7.77. The van der Waals surface area contributed by atoms with Gasteiger partial charge in [-0.05, 0) is 56.1 Å². The lowest BCUT2D eigenvalue weighted by Gasteiger charge is -2.40. The summed E-state index contributed by atoms with van der Waals surface area (Å²) in [6.07, 6.45) is 0. The van der Waals surface area contributed by atoms with E-state index in [-0.39, 0.29) is 0 Å². The number of hydrogen-bond acceptors (Lipinski definition) is 4. The topological polar surface area (TPSA) is 38.7 Å². The van der Waals surface area contributed by atoms with Crippen molar-refractivity contribution in [2.24, 2.45) is 0 Å². The Hall–Kier alpha value is -5.88. The third-order valence-electron chi connectivity index (χ3n) is 9.46. The van der Waals surface area contributed by atoms with Crippen LogP contribution < -0.4 is 20.7 Å². The van der Waals surface area contributed by atoms with Gasteiger partial charge in [-0.15, -0.1) is 0 Å². The number of benzene rings is 7. The molecule has 0 radical (unpaired) electrons. The Labute approximate surface area is 297 Å². The van der Waals surface area contributed by atoms with Crippen LogP contribution in [0, 0.1) is 0 Å². The van der Waals surface area contributed by atoms with E-state index < -0.39 is 8.07 Å². The summed E-state index contributed by atoms with van der Waals surface area (Å²) >= 11 is 1.86. The second kappa shape index (κ2) is 12.9. The summed E-state index contributed by atoms with van der Waals surface area (Å²) in [6, 6.07) is 67.1. The molecule has 0 spiro atoms. The van der Waals surface area contributed by atoms with E-state index in [1.165, 1.54) is 30.5 Å². The number of aromatic nitrogens is 3. The van der Waals surface area contributed by atoms with Crippen LogP contribution in [0.5, 0.6) is 0 Å². The smallest absolute Gasteiger partial charge is 0.181 e. The molecule has 5 heteroatoms. The van der Waals surface area contributed by atoms with Gasteiger partial charge in [0.1, 0.15) is 0 Å². The minimum Gasteiger partial charge on any atom is -0.208 e. The monoisotopic (exact) mass is 673 g/mol. The first-order valence-corrected chi connectivity index (χ1v) is 19.6. The molecule has 50 heavy (non-hydrogen) atoms. The molecule has 1 aromatic heterocycles. The van der Waals surface area contributed by atoms with E-state index in [9.17, 15) is 0 Å². The van der Waals surface area contributed by atoms with Crippen molar-refractivity contribution in [2.45, 2.75) is 9.79 Å². The molecular formula is C45H31N3SSi. The van der Waals surface area contributed by atoms with Crippen molar-refractivity contribution in [1.29, 1.82) is 0 Å². The molecular weight excluding hydrogens is 643 g/mol.